The van der Waals surface area contributed by atoms with Gasteiger partial charge < -0.3 is 19.3 Å². The molecule has 0 spiro atoms. The molecular weight excluding hydrogens is 518 g/mol. The summed E-state index contributed by atoms with van der Waals surface area (Å²) in [6, 6.07) is 2.48. The van der Waals surface area contributed by atoms with Gasteiger partial charge in [0, 0.05) is 17.9 Å². The van der Waals surface area contributed by atoms with Crippen LogP contribution in [0.2, 0.25) is 5.02 Å². The van der Waals surface area contributed by atoms with E-state index in [-0.39, 0.29) is 55.2 Å². The molecule has 4 rings (SSSR count). The van der Waals surface area contributed by atoms with Gasteiger partial charge in [-0.05, 0) is 25.3 Å². The number of carbonyl (C=O) groups excluding carboxylic acids is 1. The van der Waals surface area contributed by atoms with E-state index in [0.29, 0.717) is 5.56 Å². The Morgan fingerprint density at radius 1 is 1.18 bits per heavy atom. The van der Waals surface area contributed by atoms with Crippen LogP contribution in [0.15, 0.2) is 31.8 Å². The number of sulfonamides is 1. The fraction of sp³-hybridized carbons (Fsp3) is 0.222. The van der Waals surface area contributed by atoms with Crippen molar-refractivity contribution >= 4 is 60.3 Å². The number of fused-ring (bicyclic) bond motifs is 1. The molecule has 0 atom stereocenters. The molecule has 33 heavy (non-hydrogen) atoms. The van der Waals surface area contributed by atoms with E-state index in [2.05, 4.69) is 15.2 Å². The van der Waals surface area contributed by atoms with Crippen LogP contribution < -0.4 is 19.5 Å². The number of thiophene rings is 1. The van der Waals surface area contributed by atoms with Gasteiger partial charge in [-0.1, -0.05) is 16.8 Å². The van der Waals surface area contributed by atoms with Crippen LogP contribution in [0.25, 0.3) is 0 Å². The van der Waals surface area contributed by atoms with E-state index < -0.39 is 25.8 Å². The summed E-state index contributed by atoms with van der Waals surface area (Å²) >= 11 is 6.82. The third-order valence-electron chi connectivity index (χ3n) is 4.65. The summed E-state index contributed by atoms with van der Waals surface area (Å²) in [4.78, 5) is 12.3. The summed E-state index contributed by atoms with van der Waals surface area (Å²) in [5.41, 5.74) is 0.566. The lowest BCUT2D eigenvalue weighted by Crippen LogP contribution is -2.20. The molecule has 1 aliphatic rings. The molecule has 1 aromatic carbocycles. The smallest absolute Gasteiger partial charge is 0.267 e. The zero-order chi connectivity index (χ0) is 24.1. The molecule has 1 aliphatic heterocycles. The first-order chi connectivity index (χ1) is 15.4. The normalized spacial score (nSPS) is 13.2. The van der Waals surface area contributed by atoms with Gasteiger partial charge in [-0.2, -0.15) is 0 Å². The highest BCUT2D eigenvalue weighted by atomic mass is 35.5. The molecule has 3 aromatic rings. The number of carbonyl (C=O) groups is 1. The SMILES string of the molecule is Cc1noc(NS(=O)(=O)c2ccsc2C(=O)Nc2c(S(C)(=O)=O)cc3c(c2C)OCO3)c1Cl. The summed E-state index contributed by atoms with van der Waals surface area (Å²) in [6.45, 7) is 2.99. The molecular formula is C18H16ClN3O8S3. The molecule has 3 heterocycles. The number of anilines is 2. The van der Waals surface area contributed by atoms with E-state index in [0.717, 1.165) is 17.6 Å². The molecule has 2 N–H and O–H groups in total. The fourth-order valence-electron chi connectivity index (χ4n) is 3.07. The molecule has 11 nitrogen and oxygen atoms in total. The van der Waals surface area contributed by atoms with Crippen molar-refractivity contribution in [1.29, 1.82) is 0 Å². The number of rotatable bonds is 6. The maximum Gasteiger partial charge on any atom is 0.267 e. The van der Waals surface area contributed by atoms with Gasteiger partial charge in [0.25, 0.3) is 21.8 Å². The summed E-state index contributed by atoms with van der Waals surface area (Å²) in [6.07, 6.45) is 0.980. The topological polar surface area (TPSA) is 154 Å². The van der Waals surface area contributed by atoms with Crippen molar-refractivity contribution in [2.45, 2.75) is 23.6 Å². The second-order valence-electron chi connectivity index (χ2n) is 6.97. The van der Waals surface area contributed by atoms with E-state index in [9.17, 15) is 21.6 Å². The Bertz CT molecular complexity index is 1490. The van der Waals surface area contributed by atoms with Crippen LogP contribution in [-0.2, 0) is 19.9 Å². The second kappa shape index (κ2) is 8.20. The maximum atomic E-state index is 13.1. The van der Waals surface area contributed by atoms with Gasteiger partial charge in [0.1, 0.15) is 20.5 Å². The molecule has 2 aromatic heterocycles. The number of aromatic nitrogens is 1. The van der Waals surface area contributed by atoms with Crippen molar-refractivity contribution in [1.82, 2.24) is 5.16 Å². The van der Waals surface area contributed by atoms with Gasteiger partial charge in [0.2, 0.25) is 6.79 Å². The standard InChI is InChI=1S/C18H16ClN3O8S3/c1-8-14(12(32(3,24)25)6-10-15(8)29-7-28-10)20-17(23)16-11(4-5-31-16)33(26,27)22-18-13(19)9(2)21-30-18/h4-6,22H,7H2,1-3H3,(H,20,23). The van der Waals surface area contributed by atoms with Crippen molar-refractivity contribution in [3.8, 4) is 11.5 Å². The van der Waals surface area contributed by atoms with Crippen molar-refractivity contribution in [3.05, 3.63) is 38.7 Å². The average Bonchev–Trinajstić information content (AvgIpc) is 3.46. The second-order valence-corrected chi connectivity index (χ2v) is 11.9. The van der Waals surface area contributed by atoms with Crippen molar-refractivity contribution in [3.63, 3.8) is 0 Å². The van der Waals surface area contributed by atoms with Gasteiger partial charge in [-0.15, -0.1) is 11.3 Å². The first-order valence-electron chi connectivity index (χ1n) is 9.07. The highest BCUT2D eigenvalue weighted by molar-refractivity contribution is 7.93. The summed E-state index contributed by atoms with van der Waals surface area (Å²) in [7, 11) is -8.07. The Morgan fingerprint density at radius 2 is 1.91 bits per heavy atom. The third kappa shape index (κ3) is 4.26. The molecule has 0 radical (unpaired) electrons. The minimum atomic E-state index is -4.29. The Kier molecular flexibility index (Phi) is 5.80. The molecule has 0 fully saturated rings. The van der Waals surface area contributed by atoms with Gasteiger partial charge in [0.05, 0.1) is 10.6 Å². The van der Waals surface area contributed by atoms with Gasteiger partial charge in [-0.3, -0.25) is 4.79 Å². The Labute approximate surface area is 197 Å². The number of amides is 1. The Balaban J connectivity index is 1.71. The van der Waals surface area contributed by atoms with E-state index in [1.807, 2.05) is 0 Å². The number of ether oxygens (including phenoxy) is 2. The number of aryl methyl sites for hydroxylation is 1. The minimum absolute atomic E-state index is 0.0198. The molecule has 176 valence electrons. The number of benzene rings is 1. The molecule has 0 saturated carbocycles. The largest absolute Gasteiger partial charge is 0.454 e. The number of hydrogen-bond donors (Lipinski definition) is 2. The molecule has 0 bridgehead atoms. The third-order valence-corrected chi connectivity index (χ3v) is 8.63. The Hall–Kier alpha value is -2.81. The van der Waals surface area contributed by atoms with E-state index >= 15 is 0 Å². The Morgan fingerprint density at radius 3 is 2.55 bits per heavy atom. The molecule has 0 unspecified atom stereocenters. The molecule has 15 heteroatoms. The van der Waals surface area contributed by atoms with Crippen LogP contribution in [0.4, 0.5) is 11.6 Å². The maximum absolute atomic E-state index is 13.1. The summed E-state index contributed by atoms with van der Waals surface area (Å²) in [5, 5.41) is 7.47. The zero-order valence-corrected chi connectivity index (χ0v) is 20.5. The fourth-order valence-corrected chi connectivity index (χ4v) is 6.46. The predicted molar refractivity (Wildman–Crippen MR) is 120 cm³/mol. The zero-order valence-electron chi connectivity index (χ0n) is 17.3. The van der Waals surface area contributed by atoms with Crippen LogP contribution in [0.5, 0.6) is 11.5 Å². The van der Waals surface area contributed by atoms with Crippen molar-refractivity contribution in [2.24, 2.45) is 0 Å². The van der Waals surface area contributed by atoms with Gasteiger partial charge in [-0.25, -0.2) is 21.6 Å². The van der Waals surface area contributed by atoms with Crippen molar-refractivity contribution in [2.75, 3.05) is 23.1 Å². The van der Waals surface area contributed by atoms with Crippen LogP contribution in [0, 0.1) is 13.8 Å². The lowest BCUT2D eigenvalue weighted by Gasteiger charge is -2.15. The predicted octanol–water partition coefficient (Wildman–Crippen LogP) is 3.19. The highest BCUT2D eigenvalue weighted by Gasteiger charge is 2.30. The highest BCUT2D eigenvalue weighted by Crippen LogP contribution is 2.43. The van der Waals surface area contributed by atoms with Gasteiger partial charge >= 0.3 is 0 Å². The molecule has 1 amide bonds. The molecule has 0 saturated heterocycles. The van der Waals surface area contributed by atoms with Crippen LogP contribution >= 0.6 is 22.9 Å². The van der Waals surface area contributed by atoms with E-state index in [1.165, 1.54) is 24.4 Å². The van der Waals surface area contributed by atoms with Crippen molar-refractivity contribution < 1.29 is 35.6 Å². The summed E-state index contributed by atoms with van der Waals surface area (Å²) < 4.78 is 68.2. The monoisotopic (exact) mass is 533 g/mol. The first-order valence-corrected chi connectivity index (χ1v) is 13.7. The summed E-state index contributed by atoms with van der Waals surface area (Å²) in [5.74, 6) is -0.614. The number of nitrogens with one attached hydrogen (secondary N) is 2. The van der Waals surface area contributed by atoms with Gasteiger partial charge in [0.15, 0.2) is 21.3 Å². The van der Waals surface area contributed by atoms with Crippen LogP contribution in [-0.4, -0.2) is 40.9 Å². The quantitative estimate of drug-likeness (QED) is 0.486. The lowest BCUT2D eigenvalue weighted by molar-refractivity contribution is 0.102. The number of halogens is 1. The minimum Gasteiger partial charge on any atom is -0.454 e. The number of sulfone groups is 1. The average molecular weight is 534 g/mol. The first kappa shape index (κ1) is 23.4. The number of nitrogens with zero attached hydrogens (tertiary/aromatic N) is 1. The molecule has 0 aliphatic carbocycles. The van der Waals surface area contributed by atoms with E-state index in [4.69, 9.17) is 25.6 Å². The van der Waals surface area contributed by atoms with Crippen LogP contribution in [0.1, 0.15) is 20.9 Å². The lowest BCUT2D eigenvalue weighted by atomic mass is 10.1. The number of hydrogen-bond acceptors (Lipinski definition) is 10. The van der Waals surface area contributed by atoms with E-state index in [1.54, 1.807) is 6.92 Å². The van der Waals surface area contributed by atoms with Crippen LogP contribution in [0.3, 0.4) is 0 Å².